The lowest BCUT2D eigenvalue weighted by molar-refractivity contribution is -0.127. The smallest absolute Gasteiger partial charge is 0.410 e. The van der Waals surface area contributed by atoms with E-state index in [0.717, 1.165) is 38.5 Å². The van der Waals surface area contributed by atoms with Crippen molar-refractivity contribution >= 4 is 6.09 Å². The molecule has 0 spiro atoms. The second-order valence-electron chi connectivity index (χ2n) is 7.93. The van der Waals surface area contributed by atoms with Crippen molar-refractivity contribution in [3.63, 3.8) is 0 Å². The predicted molar refractivity (Wildman–Crippen MR) is 85.8 cm³/mol. The molecule has 1 N–H and O–H groups in total. The summed E-state index contributed by atoms with van der Waals surface area (Å²) in [6.07, 6.45) is 0.722. The number of halogens is 3. The van der Waals surface area contributed by atoms with Gasteiger partial charge >= 0.3 is 12.3 Å². The number of nitrogens with zero attached hydrogens (tertiary/aromatic N) is 1. The third-order valence-corrected chi connectivity index (χ3v) is 4.81. The summed E-state index contributed by atoms with van der Waals surface area (Å²) in [4.78, 5) is 14.3. The van der Waals surface area contributed by atoms with Crippen LogP contribution in [-0.2, 0) is 4.74 Å². The van der Waals surface area contributed by atoms with E-state index in [4.69, 9.17) is 4.74 Å². The Labute approximate surface area is 142 Å². The highest BCUT2D eigenvalue weighted by molar-refractivity contribution is 5.68. The summed E-state index contributed by atoms with van der Waals surface area (Å²) in [6.45, 7) is 5.14. The van der Waals surface area contributed by atoms with Crippen molar-refractivity contribution in [3.05, 3.63) is 0 Å². The minimum Gasteiger partial charge on any atom is -0.444 e. The molecule has 1 saturated heterocycles. The Kier molecular flexibility index (Phi) is 6.04. The first-order valence-corrected chi connectivity index (χ1v) is 8.86. The fourth-order valence-electron chi connectivity index (χ4n) is 3.90. The molecule has 7 heteroatoms. The van der Waals surface area contributed by atoms with Crippen LogP contribution >= 0.6 is 0 Å². The van der Waals surface area contributed by atoms with Gasteiger partial charge in [-0.05, 0) is 58.8 Å². The van der Waals surface area contributed by atoms with Crippen molar-refractivity contribution in [3.8, 4) is 0 Å². The van der Waals surface area contributed by atoms with Crippen molar-refractivity contribution in [2.75, 3.05) is 13.1 Å². The minimum atomic E-state index is -4.20. The van der Waals surface area contributed by atoms with Crippen LogP contribution in [0.3, 0.4) is 0 Å². The number of amides is 1. The van der Waals surface area contributed by atoms with Crippen molar-refractivity contribution in [1.29, 1.82) is 0 Å². The van der Waals surface area contributed by atoms with E-state index in [-0.39, 0.29) is 24.1 Å². The Morgan fingerprint density at radius 1 is 1.12 bits per heavy atom. The van der Waals surface area contributed by atoms with E-state index < -0.39 is 18.3 Å². The Morgan fingerprint density at radius 2 is 1.83 bits per heavy atom. The monoisotopic (exact) mass is 350 g/mol. The second kappa shape index (κ2) is 7.50. The molecule has 1 aliphatic carbocycles. The van der Waals surface area contributed by atoms with Crippen LogP contribution < -0.4 is 5.32 Å². The van der Waals surface area contributed by atoms with Crippen LogP contribution in [0.25, 0.3) is 0 Å². The summed E-state index contributed by atoms with van der Waals surface area (Å²) in [5.74, 6) is 0.0696. The maximum Gasteiger partial charge on any atom is 0.410 e. The molecule has 0 radical (unpaired) electrons. The van der Waals surface area contributed by atoms with Crippen molar-refractivity contribution in [1.82, 2.24) is 10.2 Å². The number of alkyl halides is 3. The molecule has 1 heterocycles. The Balaban J connectivity index is 2.04. The average Bonchev–Trinajstić information content (AvgIpc) is 2.91. The van der Waals surface area contributed by atoms with Crippen LogP contribution in [0, 0.1) is 5.92 Å². The highest BCUT2D eigenvalue weighted by Crippen LogP contribution is 2.36. The average molecular weight is 350 g/mol. The maximum atomic E-state index is 12.5. The van der Waals surface area contributed by atoms with E-state index >= 15 is 0 Å². The molecule has 2 rings (SSSR count). The standard InChI is InChI=1S/C17H29F3N2O2/c1-16(2,3)24-15(23)22-10-5-4-9-14(22)12-7-6-8-13(12)21-11-17(18,19)20/h12-14,21H,4-11H2,1-3H3. The largest absolute Gasteiger partial charge is 0.444 e. The molecule has 4 nitrogen and oxygen atoms in total. The van der Waals surface area contributed by atoms with E-state index in [9.17, 15) is 18.0 Å². The summed E-state index contributed by atoms with van der Waals surface area (Å²) in [7, 11) is 0. The first-order chi connectivity index (χ1) is 11.1. The maximum absolute atomic E-state index is 12.5. The van der Waals surface area contributed by atoms with Gasteiger partial charge in [-0.25, -0.2) is 4.79 Å². The van der Waals surface area contributed by atoms with Gasteiger partial charge < -0.3 is 15.0 Å². The molecule has 0 aromatic carbocycles. The molecule has 1 amide bonds. The van der Waals surface area contributed by atoms with Gasteiger partial charge in [0.1, 0.15) is 5.60 Å². The van der Waals surface area contributed by atoms with E-state index in [0.29, 0.717) is 6.54 Å². The van der Waals surface area contributed by atoms with Crippen LogP contribution in [0.15, 0.2) is 0 Å². The number of likely N-dealkylation sites (tertiary alicyclic amines) is 1. The van der Waals surface area contributed by atoms with Gasteiger partial charge in [0, 0.05) is 18.6 Å². The zero-order chi connectivity index (χ0) is 18.0. The molecule has 0 aromatic rings. The van der Waals surface area contributed by atoms with Gasteiger partial charge in [0.25, 0.3) is 0 Å². The highest BCUT2D eigenvalue weighted by atomic mass is 19.4. The summed E-state index contributed by atoms with van der Waals surface area (Å²) in [5.41, 5.74) is -0.567. The van der Waals surface area contributed by atoms with E-state index in [1.54, 1.807) is 4.90 Å². The number of ether oxygens (including phenoxy) is 1. The molecule has 3 atom stereocenters. The summed E-state index contributed by atoms with van der Waals surface area (Å²) in [6, 6.07) is -0.207. The van der Waals surface area contributed by atoms with Crippen LogP contribution in [0.5, 0.6) is 0 Å². The van der Waals surface area contributed by atoms with Crippen LogP contribution in [0.2, 0.25) is 0 Å². The van der Waals surface area contributed by atoms with Gasteiger partial charge in [-0.3, -0.25) is 0 Å². The summed E-state index contributed by atoms with van der Waals surface area (Å²) in [5, 5.41) is 2.67. The molecule has 0 aromatic heterocycles. The molecule has 2 aliphatic rings. The molecular weight excluding hydrogens is 321 g/mol. The highest BCUT2D eigenvalue weighted by Gasteiger charge is 2.41. The number of hydrogen-bond acceptors (Lipinski definition) is 3. The quantitative estimate of drug-likeness (QED) is 0.833. The third kappa shape index (κ3) is 5.53. The lowest BCUT2D eigenvalue weighted by Crippen LogP contribution is -2.53. The molecule has 0 bridgehead atoms. The number of rotatable bonds is 3. The zero-order valence-corrected chi connectivity index (χ0v) is 14.8. The van der Waals surface area contributed by atoms with Crippen molar-refractivity contribution in [2.45, 2.75) is 83.2 Å². The zero-order valence-electron chi connectivity index (χ0n) is 14.8. The summed E-state index contributed by atoms with van der Waals surface area (Å²) >= 11 is 0. The molecule has 1 saturated carbocycles. The predicted octanol–water partition coefficient (Wildman–Crippen LogP) is 4.10. The SMILES string of the molecule is CC(C)(C)OC(=O)N1CCCCC1C1CCCC1NCC(F)(F)F. The second-order valence-corrected chi connectivity index (χ2v) is 7.93. The molecule has 3 unspecified atom stereocenters. The van der Waals surface area contributed by atoms with Gasteiger partial charge in [-0.2, -0.15) is 13.2 Å². The van der Waals surface area contributed by atoms with Gasteiger partial charge in [0.15, 0.2) is 0 Å². The van der Waals surface area contributed by atoms with Gasteiger partial charge in [-0.15, -0.1) is 0 Å². The molecular formula is C17H29F3N2O2. The molecule has 2 fully saturated rings. The number of carbonyl (C=O) groups is 1. The topological polar surface area (TPSA) is 41.6 Å². The Bertz CT molecular complexity index is 435. The lowest BCUT2D eigenvalue weighted by atomic mass is 9.87. The van der Waals surface area contributed by atoms with E-state index in [1.165, 1.54) is 0 Å². The normalized spacial score (nSPS) is 28.9. The van der Waals surface area contributed by atoms with Crippen LogP contribution in [0.1, 0.15) is 59.3 Å². The van der Waals surface area contributed by atoms with Gasteiger partial charge in [0.2, 0.25) is 0 Å². The molecule has 24 heavy (non-hydrogen) atoms. The Morgan fingerprint density at radius 3 is 2.46 bits per heavy atom. The number of nitrogens with one attached hydrogen (secondary N) is 1. The fourth-order valence-corrected chi connectivity index (χ4v) is 3.90. The fraction of sp³-hybridized carbons (Fsp3) is 0.941. The first kappa shape index (κ1) is 19.3. The lowest BCUT2D eigenvalue weighted by Gasteiger charge is -2.41. The van der Waals surface area contributed by atoms with E-state index in [2.05, 4.69) is 5.32 Å². The number of piperidine rings is 1. The molecule has 1 aliphatic heterocycles. The van der Waals surface area contributed by atoms with E-state index in [1.807, 2.05) is 20.8 Å². The summed E-state index contributed by atoms with van der Waals surface area (Å²) < 4.78 is 43.1. The number of hydrogen-bond donors (Lipinski definition) is 1. The van der Waals surface area contributed by atoms with Crippen LogP contribution in [-0.4, -0.2) is 47.9 Å². The van der Waals surface area contributed by atoms with Crippen LogP contribution in [0.4, 0.5) is 18.0 Å². The first-order valence-electron chi connectivity index (χ1n) is 8.86. The van der Waals surface area contributed by atoms with Crippen molar-refractivity contribution < 1.29 is 22.7 Å². The van der Waals surface area contributed by atoms with Crippen molar-refractivity contribution in [2.24, 2.45) is 5.92 Å². The molecule has 140 valence electrons. The minimum absolute atomic E-state index is 0.0261. The Hall–Kier alpha value is -0.980. The van der Waals surface area contributed by atoms with Gasteiger partial charge in [0.05, 0.1) is 6.54 Å². The third-order valence-electron chi connectivity index (χ3n) is 4.81. The number of carbonyl (C=O) groups excluding carboxylic acids is 1. The van der Waals surface area contributed by atoms with Gasteiger partial charge in [-0.1, -0.05) is 6.42 Å².